The second-order valence-electron chi connectivity index (χ2n) is 5.92. The molecule has 0 aliphatic carbocycles. The number of rotatable bonds is 2. The minimum atomic E-state index is 0.498. The Balaban J connectivity index is 2.00. The highest BCUT2D eigenvalue weighted by atomic mass is 35.5. The van der Waals surface area contributed by atoms with Crippen molar-refractivity contribution >= 4 is 44.8 Å². The van der Waals surface area contributed by atoms with E-state index in [0.717, 1.165) is 38.9 Å². The van der Waals surface area contributed by atoms with Gasteiger partial charge in [-0.25, -0.2) is 9.97 Å². The van der Waals surface area contributed by atoms with Crippen molar-refractivity contribution in [2.24, 2.45) is 0 Å². The molecule has 0 radical (unpaired) electrons. The van der Waals surface area contributed by atoms with E-state index in [-0.39, 0.29) is 0 Å². The van der Waals surface area contributed by atoms with Crippen molar-refractivity contribution in [1.82, 2.24) is 9.97 Å². The maximum atomic E-state index is 6.20. The number of hydrogen-bond donors (Lipinski definition) is 1. The summed E-state index contributed by atoms with van der Waals surface area (Å²) in [5, 5.41) is 7.07. The minimum Gasteiger partial charge on any atom is -0.340 e. The second-order valence-corrected chi connectivity index (χ2v) is 6.31. The summed E-state index contributed by atoms with van der Waals surface area (Å²) in [6.45, 7) is 4.04. The van der Waals surface area contributed by atoms with Crippen LogP contribution >= 0.6 is 11.6 Å². The number of nitrogens with one attached hydrogen (secondary N) is 1. The van der Waals surface area contributed by atoms with Gasteiger partial charge in [0.05, 0.1) is 11.2 Å². The molecule has 0 bridgehead atoms. The van der Waals surface area contributed by atoms with Gasteiger partial charge in [-0.05, 0) is 43.5 Å². The number of anilines is 2. The zero-order chi connectivity index (χ0) is 16.7. The third-order valence-corrected chi connectivity index (χ3v) is 4.34. The summed E-state index contributed by atoms with van der Waals surface area (Å²) in [6.07, 6.45) is 0. The molecule has 118 valence electrons. The Hall–Kier alpha value is -2.65. The van der Waals surface area contributed by atoms with Crippen molar-refractivity contribution in [1.29, 1.82) is 0 Å². The van der Waals surface area contributed by atoms with E-state index >= 15 is 0 Å². The lowest BCUT2D eigenvalue weighted by molar-refractivity contribution is 1.23. The van der Waals surface area contributed by atoms with E-state index in [2.05, 4.69) is 47.6 Å². The van der Waals surface area contributed by atoms with E-state index in [1.54, 1.807) is 0 Å². The van der Waals surface area contributed by atoms with Crippen LogP contribution in [0.5, 0.6) is 0 Å². The predicted molar refractivity (Wildman–Crippen MR) is 101 cm³/mol. The lowest BCUT2D eigenvalue weighted by Gasteiger charge is -2.13. The Morgan fingerprint density at radius 2 is 1.62 bits per heavy atom. The maximum absolute atomic E-state index is 6.20. The van der Waals surface area contributed by atoms with Gasteiger partial charge in [-0.15, -0.1) is 0 Å². The van der Waals surface area contributed by atoms with Crippen molar-refractivity contribution < 1.29 is 0 Å². The SMILES string of the molecule is Cc1ccc(Nc2nc3ccccc3c3cc(Cl)nc(C)c23)cc1. The molecule has 0 fully saturated rings. The smallest absolute Gasteiger partial charge is 0.140 e. The standard InChI is InChI=1S/C20H16ClN3/c1-12-7-9-14(10-8-12)23-20-19-13(2)22-18(21)11-16(19)15-5-3-4-6-17(15)24-20/h3-11H,1-2H3,(H,23,24). The minimum absolute atomic E-state index is 0.498. The number of pyridine rings is 2. The molecule has 0 saturated heterocycles. The molecule has 2 aromatic heterocycles. The summed E-state index contributed by atoms with van der Waals surface area (Å²) in [7, 11) is 0. The molecule has 0 saturated carbocycles. The summed E-state index contributed by atoms with van der Waals surface area (Å²) in [6, 6.07) is 18.3. The Morgan fingerprint density at radius 3 is 2.42 bits per heavy atom. The number of nitrogens with zero attached hydrogens (tertiary/aromatic N) is 2. The van der Waals surface area contributed by atoms with Crippen LogP contribution in [-0.2, 0) is 0 Å². The topological polar surface area (TPSA) is 37.8 Å². The zero-order valence-corrected chi connectivity index (χ0v) is 14.2. The van der Waals surface area contributed by atoms with Gasteiger partial charge in [0.1, 0.15) is 11.0 Å². The molecule has 4 heteroatoms. The molecule has 3 nitrogen and oxygen atoms in total. The van der Waals surface area contributed by atoms with Crippen LogP contribution < -0.4 is 5.32 Å². The molecule has 4 aromatic rings. The second kappa shape index (κ2) is 5.77. The normalized spacial score (nSPS) is 11.1. The van der Waals surface area contributed by atoms with Gasteiger partial charge in [-0.2, -0.15) is 0 Å². The van der Waals surface area contributed by atoms with Gasteiger partial charge < -0.3 is 5.32 Å². The monoisotopic (exact) mass is 333 g/mol. The third kappa shape index (κ3) is 2.57. The number of fused-ring (bicyclic) bond motifs is 3. The number of aromatic nitrogens is 2. The Kier molecular flexibility index (Phi) is 3.58. The van der Waals surface area contributed by atoms with Gasteiger partial charge in [0.25, 0.3) is 0 Å². The summed E-state index contributed by atoms with van der Waals surface area (Å²) in [5.74, 6) is 0.800. The molecular formula is C20H16ClN3. The van der Waals surface area contributed by atoms with Crippen LogP contribution in [0.15, 0.2) is 54.6 Å². The fourth-order valence-electron chi connectivity index (χ4n) is 2.99. The summed E-state index contributed by atoms with van der Waals surface area (Å²) in [4.78, 5) is 9.23. The highest BCUT2D eigenvalue weighted by molar-refractivity contribution is 6.30. The van der Waals surface area contributed by atoms with Crippen LogP contribution in [0.2, 0.25) is 5.15 Å². The summed E-state index contributed by atoms with van der Waals surface area (Å²) in [5.41, 5.74) is 4.02. The van der Waals surface area contributed by atoms with E-state index in [9.17, 15) is 0 Å². The molecule has 0 aliphatic heterocycles. The van der Waals surface area contributed by atoms with Crippen LogP contribution in [0.3, 0.4) is 0 Å². The van der Waals surface area contributed by atoms with Crippen LogP contribution in [0, 0.1) is 13.8 Å². The zero-order valence-electron chi connectivity index (χ0n) is 13.5. The molecule has 4 rings (SSSR count). The lowest BCUT2D eigenvalue weighted by atomic mass is 10.1. The number of benzene rings is 2. The van der Waals surface area contributed by atoms with Gasteiger partial charge in [0.15, 0.2) is 0 Å². The first-order chi connectivity index (χ1) is 11.6. The number of halogens is 1. The first-order valence-electron chi connectivity index (χ1n) is 7.81. The van der Waals surface area contributed by atoms with E-state index in [1.807, 2.05) is 31.2 Å². The van der Waals surface area contributed by atoms with E-state index < -0.39 is 0 Å². The molecule has 0 spiro atoms. The van der Waals surface area contributed by atoms with Gasteiger partial charge in [-0.1, -0.05) is 47.5 Å². The van der Waals surface area contributed by atoms with Gasteiger partial charge in [0.2, 0.25) is 0 Å². The van der Waals surface area contributed by atoms with E-state index in [1.165, 1.54) is 5.56 Å². The quantitative estimate of drug-likeness (QED) is 0.372. The van der Waals surface area contributed by atoms with Crippen LogP contribution in [-0.4, -0.2) is 9.97 Å². The Labute approximate surface area is 145 Å². The first-order valence-corrected chi connectivity index (χ1v) is 8.19. The van der Waals surface area contributed by atoms with Crippen LogP contribution in [0.1, 0.15) is 11.3 Å². The average molecular weight is 334 g/mol. The van der Waals surface area contributed by atoms with Crippen LogP contribution in [0.4, 0.5) is 11.5 Å². The van der Waals surface area contributed by atoms with Crippen molar-refractivity contribution in [2.75, 3.05) is 5.32 Å². The summed E-state index contributed by atoms with van der Waals surface area (Å²) < 4.78 is 0. The molecule has 2 aromatic carbocycles. The van der Waals surface area contributed by atoms with Crippen molar-refractivity contribution in [3.63, 3.8) is 0 Å². The molecule has 1 N–H and O–H groups in total. The first kappa shape index (κ1) is 14.9. The number of para-hydroxylation sites is 1. The Morgan fingerprint density at radius 1 is 0.875 bits per heavy atom. The van der Waals surface area contributed by atoms with Crippen molar-refractivity contribution in [3.8, 4) is 0 Å². The molecule has 24 heavy (non-hydrogen) atoms. The molecular weight excluding hydrogens is 318 g/mol. The fourth-order valence-corrected chi connectivity index (χ4v) is 3.22. The van der Waals surface area contributed by atoms with Crippen molar-refractivity contribution in [3.05, 3.63) is 71.0 Å². The number of aryl methyl sites for hydroxylation is 2. The Bertz CT molecular complexity index is 1060. The molecule has 0 amide bonds. The number of hydrogen-bond acceptors (Lipinski definition) is 3. The molecule has 0 aliphatic rings. The van der Waals surface area contributed by atoms with Gasteiger partial charge in [0, 0.05) is 16.5 Å². The highest BCUT2D eigenvalue weighted by Gasteiger charge is 2.12. The molecule has 0 unspecified atom stereocenters. The van der Waals surface area contributed by atoms with Crippen molar-refractivity contribution in [2.45, 2.75) is 13.8 Å². The largest absolute Gasteiger partial charge is 0.340 e. The van der Waals surface area contributed by atoms with Crippen LogP contribution in [0.25, 0.3) is 21.7 Å². The predicted octanol–water partition coefficient (Wildman–Crippen LogP) is 5.80. The fraction of sp³-hybridized carbons (Fsp3) is 0.100. The van der Waals surface area contributed by atoms with E-state index in [4.69, 9.17) is 16.6 Å². The lowest BCUT2D eigenvalue weighted by Crippen LogP contribution is -1.99. The highest BCUT2D eigenvalue weighted by Crippen LogP contribution is 2.33. The van der Waals surface area contributed by atoms with Gasteiger partial charge in [-0.3, -0.25) is 0 Å². The molecule has 0 atom stereocenters. The van der Waals surface area contributed by atoms with E-state index in [0.29, 0.717) is 5.15 Å². The third-order valence-electron chi connectivity index (χ3n) is 4.15. The maximum Gasteiger partial charge on any atom is 0.140 e. The summed E-state index contributed by atoms with van der Waals surface area (Å²) >= 11 is 6.20. The average Bonchev–Trinajstić information content (AvgIpc) is 2.56. The van der Waals surface area contributed by atoms with Gasteiger partial charge >= 0.3 is 0 Å². The molecule has 2 heterocycles.